The fraction of sp³-hybridized carbons (Fsp3) is 0.579. The molecule has 0 amide bonds. The highest BCUT2D eigenvalue weighted by Gasteiger charge is 2.32. The number of benzene rings is 1. The van der Waals surface area contributed by atoms with Gasteiger partial charge in [0, 0.05) is 0 Å². The second kappa shape index (κ2) is 9.96. The van der Waals surface area contributed by atoms with E-state index in [1.165, 1.54) is 14.2 Å². The van der Waals surface area contributed by atoms with Gasteiger partial charge in [0.15, 0.2) is 5.78 Å². The van der Waals surface area contributed by atoms with Crippen LogP contribution in [-0.4, -0.2) is 32.6 Å². The Morgan fingerprint density at radius 2 is 1.67 bits per heavy atom. The molecule has 1 rings (SSSR count). The minimum absolute atomic E-state index is 0.219. The number of methoxy groups -OCH3 is 2. The first-order chi connectivity index (χ1) is 11.5. The van der Waals surface area contributed by atoms with E-state index in [1.54, 1.807) is 18.2 Å². The average Bonchev–Trinajstić information content (AvgIpc) is 2.58. The number of carbonyl (C=O) groups excluding carboxylic acids is 2. The van der Waals surface area contributed by atoms with Gasteiger partial charge in [0.05, 0.1) is 20.8 Å². The van der Waals surface area contributed by atoms with E-state index < -0.39 is 11.9 Å². The number of rotatable bonds is 10. The molecule has 5 nitrogen and oxygen atoms in total. The van der Waals surface area contributed by atoms with Crippen LogP contribution in [-0.2, 0) is 9.53 Å². The first-order valence-corrected chi connectivity index (χ1v) is 8.38. The molecule has 134 valence electrons. The lowest BCUT2D eigenvalue weighted by Crippen LogP contribution is -2.28. The molecule has 0 fully saturated rings. The van der Waals surface area contributed by atoms with Crippen LogP contribution in [0, 0.1) is 11.8 Å². The van der Waals surface area contributed by atoms with Gasteiger partial charge in [-0.15, -0.1) is 0 Å². The quantitative estimate of drug-likeness (QED) is 0.368. The second-order valence-corrected chi connectivity index (χ2v) is 6.12. The van der Waals surface area contributed by atoms with Crippen LogP contribution in [0.3, 0.4) is 0 Å². The molecule has 0 radical (unpaired) electrons. The highest BCUT2D eigenvalue weighted by molar-refractivity contribution is 6.11. The van der Waals surface area contributed by atoms with Crippen LogP contribution in [0.1, 0.15) is 50.4 Å². The topological polar surface area (TPSA) is 61.8 Å². The molecule has 0 spiro atoms. The molecule has 0 aliphatic heterocycles. The van der Waals surface area contributed by atoms with Crippen LogP contribution in [0.25, 0.3) is 0 Å². The number of ketones is 1. The zero-order valence-electron chi connectivity index (χ0n) is 15.3. The number of ether oxygens (including phenoxy) is 3. The van der Waals surface area contributed by atoms with Crippen molar-refractivity contribution in [3.8, 4) is 11.5 Å². The number of esters is 1. The lowest BCUT2D eigenvalue weighted by Gasteiger charge is -2.18. The summed E-state index contributed by atoms with van der Waals surface area (Å²) >= 11 is 0. The molecular formula is C19H28O5. The summed E-state index contributed by atoms with van der Waals surface area (Å²) in [6.07, 6.45) is 2.11. The van der Waals surface area contributed by atoms with E-state index in [1.807, 2.05) is 20.8 Å². The predicted molar refractivity (Wildman–Crippen MR) is 92.7 cm³/mol. The molecule has 0 bridgehead atoms. The molecule has 0 N–H and O–H groups in total. The fourth-order valence-electron chi connectivity index (χ4n) is 2.38. The van der Waals surface area contributed by atoms with Gasteiger partial charge in [0.2, 0.25) is 0 Å². The molecule has 0 saturated heterocycles. The van der Waals surface area contributed by atoms with Gasteiger partial charge in [0.25, 0.3) is 0 Å². The van der Waals surface area contributed by atoms with E-state index in [0.717, 1.165) is 12.8 Å². The third-order valence-electron chi connectivity index (χ3n) is 3.68. The van der Waals surface area contributed by atoms with E-state index >= 15 is 0 Å². The molecule has 0 saturated carbocycles. The van der Waals surface area contributed by atoms with Crippen molar-refractivity contribution >= 4 is 11.8 Å². The van der Waals surface area contributed by atoms with E-state index in [-0.39, 0.29) is 11.7 Å². The van der Waals surface area contributed by atoms with E-state index in [4.69, 9.17) is 14.2 Å². The maximum atomic E-state index is 13.0. The number of hydrogen-bond acceptors (Lipinski definition) is 5. The first kappa shape index (κ1) is 20.0. The Morgan fingerprint density at radius 3 is 2.12 bits per heavy atom. The second-order valence-electron chi connectivity index (χ2n) is 6.12. The van der Waals surface area contributed by atoms with Crippen molar-refractivity contribution in [3.63, 3.8) is 0 Å². The van der Waals surface area contributed by atoms with E-state index in [0.29, 0.717) is 30.1 Å². The maximum absolute atomic E-state index is 13.0. The number of Topliss-reactive ketones (excluding diaryl/α,β-unsaturated/α-hetero) is 1. The summed E-state index contributed by atoms with van der Waals surface area (Å²) in [6.45, 7) is 6.24. The van der Waals surface area contributed by atoms with Crippen molar-refractivity contribution in [2.24, 2.45) is 11.8 Å². The molecule has 0 aromatic heterocycles. The number of carbonyl (C=O) groups is 2. The summed E-state index contributed by atoms with van der Waals surface area (Å²) < 4.78 is 15.9. The smallest absolute Gasteiger partial charge is 0.316 e. The summed E-state index contributed by atoms with van der Waals surface area (Å²) in [5.74, 6) is -0.609. The molecule has 1 aromatic carbocycles. The highest BCUT2D eigenvalue weighted by Crippen LogP contribution is 2.32. The Balaban J connectivity index is 3.14. The zero-order chi connectivity index (χ0) is 18.1. The van der Waals surface area contributed by atoms with Crippen molar-refractivity contribution < 1.29 is 23.8 Å². The molecule has 1 aromatic rings. The molecular weight excluding hydrogens is 308 g/mol. The Kier molecular flexibility index (Phi) is 8.30. The van der Waals surface area contributed by atoms with Gasteiger partial charge in [-0.25, -0.2) is 0 Å². The molecule has 0 aliphatic rings. The lowest BCUT2D eigenvalue weighted by atomic mass is 9.91. The van der Waals surface area contributed by atoms with E-state index in [2.05, 4.69) is 0 Å². The van der Waals surface area contributed by atoms with Crippen molar-refractivity contribution in [1.82, 2.24) is 0 Å². The van der Waals surface area contributed by atoms with Gasteiger partial charge in [-0.2, -0.15) is 0 Å². The summed E-state index contributed by atoms with van der Waals surface area (Å²) in [5.41, 5.74) is 0.296. The standard InChI is InChI=1S/C19H28O5/c1-6-7-9-14(19(21)24-12-13(2)3)18(20)17-15(22-4)10-8-11-16(17)23-5/h8,10-11,13-14H,6-7,9,12H2,1-5H3. The summed E-state index contributed by atoms with van der Waals surface area (Å²) in [5, 5.41) is 0. The average molecular weight is 336 g/mol. The molecule has 0 aliphatic carbocycles. The Bertz CT molecular complexity index is 528. The number of hydrogen-bond donors (Lipinski definition) is 0. The van der Waals surface area contributed by atoms with Crippen LogP contribution in [0.15, 0.2) is 18.2 Å². The Hall–Kier alpha value is -2.04. The summed E-state index contributed by atoms with van der Waals surface area (Å²) in [7, 11) is 2.98. The minimum atomic E-state index is -0.839. The lowest BCUT2D eigenvalue weighted by molar-refractivity contribution is -0.148. The van der Waals surface area contributed by atoms with E-state index in [9.17, 15) is 9.59 Å². The van der Waals surface area contributed by atoms with Gasteiger partial charge >= 0.3 is 5.97 Å². The normalized spacial score (nSPS) is 11.9. The first-order valence-electron chi connectivity index (χ1n) is 8.38. The van der Waals surface area contributed by atoms with Crippen molar-refractivity contribution in [1.29, 1.82) is 0 Å². The largest absolute Gasteiger partial charge is 0.496 e. The molecule has 0 heterocycles. The fourth-order valence-corrected chi connectivity index (χ4v) is 2.38. The number of unbranched alkanes of at least 4 members (excludes halogenated alkanes) is 1. The molecule has 5 heteroatoms. The predicted octanol–water partition coefficient (Wildman–Crippen LogP) is 3.89. The van der Waals surface area contributed by atoms with Crippen molar-refractivity contribution in [2.45, 2.75) is 40.0 Å². The van der Waals surface area contributed by atoms with Gasteiger partial charge in [-0.1, -0.05) is 39.7 Å². The van der Waals surface area contributed by atoms with Crippen molar-refractivity contribution in [2.75, 3.05) is 20.8 Å². The van der Waals surface area contributed by atoms with Crippen LogP contribution in [0.2, 0.25) is 0 Å². The monoisotopic (exact) mass is 336 g/mol. The van der Waals surface area contributed by atoms with Gasteiger partial charge in [0.1, 0.15) is 23.0 Å². The summed E-state index contributed by atoms with van der Waals surface area (Å²) in [4.78, 5) is 25.5. The third kappa shape index (κ3) is 5.25. The third-order valence-corrected chi connectivity index (χ3v) is 3.68. The molecule has 1 atom stereocenters. The van der Waals surface area contributed by atoms with Crippen LogP contribution < -0.4 is 9.47 Å². The molecule has 24 heavy (non-hydrogen) atoms. The van der Waals surface area contributed by atoms with Crippen LogP contribution >= 0.6 is 0 Å². The van der Waals surface area contributed by atoms with Crippen LogP contribution in [0.5, 0.6) is 11.5 Å². The van der Waals surface area contributed by atoms with Crippen molar-refractivity contribution in [3.05, 3.63) is 23.8 Å². The molecule has 1 unspecified atom stereocenters. The van der Waals surface area contributed by atoms with Crippen LogP contribution in [0.4, 0.5) is 0 Å². The zero-order valence-corrected chi connectivity index (χ0v) is 15.3. The maximum Gasteiger partial charge on any atom is 0.316 e. The highest BCUT2D eigenvalue weighted by atomic mass is 16.5. The minimum Gasteiger partial charge on any atom is -0.496 e. The van der Waals surface area contributed by atoms with Gasteiger partial charge in [-0.05, 0) is 24.5 Å². The van der Waals surface area contributed by atoms with Gasteiger partial charge in [-0.3, -0.25) is 9.59 Å². The van der Waals surface area contributed by atoms with Gasteiger partial charge < -0.3 is 14.2 Å². The Morgan fingerprint density at radius 1 is 1.08 bits per heavy atom. The Labute approximate surface area is 144 Å². The summed E-state index contributed by atoms with van der Waals surface area (Å²) in [6, 6.07) is 5.12. The SMILES string of the molecule is CCCCC(C(=O)OCC(C)C)C(=O)c1c(OC)cccc1OC.